The van der Waals surface area contributed by atoms with Gasteiger partial charge in [0.15, 0.2) is 6.10 Å². The Morgan fingerprint density at radius 3 is 2.36 bits per heavy atom. The van der Waals surface area contributed by atoms with Crippen molar-refractivity contribution in [1.29, 1.82) is 0 Å². The van der Waals surface area contributed by atoms with E-state index < -0.39 is 24.4 Å². The van der Waals surface area contributed by atoms with Gasteiger partial charge in [-0.25, -0.2) is 0 Å². The molecule has 3 atom stereocenters. The van der Waals surface area contributed by atoms with Crippen LogP contribution in [-0.2, 0) is 0 Å². The van der Waals surface area contributed by atoms with E-state index in [0.717, 1.165) is 0 Å². The number of allylic oxidation sites excluding steroid dienone is 1. The Labute approximate surface area is 128 Å². The number of aliphatic hydroxyl groups is 2. The molecule has 0 radical (unpaired) electrons. The van der Waals surface area contributed by atoms with Gasteiger partial charge >= 0.3 is 6.18 Å². The smallest absolute Gasteiger partial charge is 0.394 e. The molecule has 1 aromatic carbocycles. The van der Waals surface area contributed by atoms with Crippen LogP contribution >= 0.6 is 0 Å². The van der Waals surface area contributed by atoms with Gasteiger partial charge in [0, 0.05) is 6.04 Å². The molecule has 0 bridgehead atoms. The van der Waals surface area contributed by atoms with Crippen LogP contribution in [0.2, 0.25) is 0 Å². The molecule has 0 aliphatic carbocycles. The average Bonchev–Trinajstić information content (AvgIpc) is 2.50. The highest BCUT2D eigenvalue weighted by molar-refractivity contribution is 5.19. The normalized spacial score (nSPS) is 16.0. The fraction of sp³-hybridized carbons (Fsp3) is 0.500. The molecular weight excluding hydrogens is 295 g/mol. The maximum Gasteiger partial charge on any atom is 0.415 e. The minimum Gasteiger partial charge on any atom is -0.394 e. The van der Waals surface area contributed by atoms with E-state index in [2.05, 4.69) is 11.9 Å². The van der Waals surface area contributed by atoms with Gasteiger partial charge in [0.25, 0.3) is 0 Å². The molecule has 3 N–H and O–H groups in total. The van der Waals surface area contributed by atoms with Gasteiger partial charge in [0.1, 0.15) is 0 Å². The van der Waals surface area contributed by atoms with Crippen LogP contribution in [0, 0.1) is 0 Å². The molecule has 0 fully saturated rings. The third-order valence-electron chi connectivity index (χ3n) is 3.44. The number of nitrogens with one attached hydrogen (secondary N) is 1. The molecule has 0 heterocycles. The zero-order valence-corrected chi connectivity index (χ0v) is 12.3. The monoisotopic (exact) mass is 317 g/mol. The Kier molecular flexibility index (Phi) is 7.58. The fourth-order valence-corrected chi connectivity index (χ4v) is 2.24. The van der Waals surface area contributed by atoms with Gasteiger partial charge in [-0.3, -0.25) is 0 Å². The highest BCUT2D eigenvalue weighted by Crippen LogP contribution is 2.26. The van der Waals surface area contributed by atoms with E-state index in [1.807, 2.05) is 0 Å². The standard InChI is InChI=1S/C16H22F3NO2/c1-2-3-5-10-13(15(22)16(17,18)19)20-14(11-21)12-8-6-4-7-9-12/h2,4,6-9,13-15,20-22H,1,3,5,10-11H2/t13-,14+,15-/m1/s1. The summed E-state index contributed by atoms with van der Waals surface area (Å²) in [6.07, 6.45) is -4.38. The first-order chi connectivity index (χ1) is 10.4. The molecule has 0 spiro atoms. The fourth-order valence-electron chi connectivity index (χ4n) is 2.24. The summed E-state index contributed by atoms with van der Waals surface area (Å²) in [6, 6.07) is 6.86. The first-order valence-corrected chi connectivity index (χ1v) is 7.17. The number of hydrogen-bond donors (Lipinski definition) is 3. The number of aliphatic hydroxyl groups excluding tert-OH is 2. The van der Waals surface area contributed by atoms with Gasteiger partial charge in [-0.1, -0.05) is 36.4 Å². The molecule has 0 unspecified atom stereocenters. The van der Waals surface area contributed by atoms with E-state index in [1.165, 1.54) is 0 Å². The molecule has 3 nitrogen and oxygen atoms in total. The lowest BCUT2D eigenvalue weighted by molar-refractivity contribution is -0.213. The average molecular weight is 317 g/mol. The summed E-state index contributed by atoms with van der Waals surface area (Å²) in [5.74, 6) is 0. The summed E-state index contributed by atoms with van der Waals surface area (Å²) >= 11 is 0. The van der Waals surface area contributed by atoms with E-state index in [9.17, 15) is 23.4 Å². The SMILES string of the molecule is C=CCCC[C@@H](N[C@@H](CO)c1ccccc1)[C@@H](O)C(F)(F)F. The number of alkyl halides is 3. The lowest BCUT2D eigenvalue weighted by Gasteiger charge is -2.30. The number of rotatable bonds is 9. The summed E-state index contributed by atoms with van der Waals surface area (Å²) in [6.45, 7) is 3.18. The first kappa shape index (κ1) is 18.7. The zero-order chi connectivity index (χ0) is 16.6. The predicted octanol–water partition coefficient (Wildman–Crippen LogP) is 2.96. The van der Waals surface area contributed by atoms with Crippen LogP contribution in [0.15, 0.2) is 43.0 Å². The van der Waals surface area contributed by atoms with Crippen molar-refractivity contribution in [3.8, 4) is 0 Å². The number of hydrogen-bond acceptors (Lipinski definition) is 3. The molecule has 6 heteroatoms. The summed E-state index contributed by atoms with van der Waals surface area (Å²) in [5.41, 5.74) is 0.674. The van der Waals surface area contributed by atoms with Crippen LogP contribution in [0.1, 0.15) is 30.9 Å². The largest absolute Gasteiger partial charge is 0.415 e. The third kappa shape index (κ3) is 5.79. The molecule has 1 aromatic rings. The number of halogens is 3. The summed E-state index contributed by atoms with van der Waals surface area (Å²) in [4.78, 5) is 0. The number of unbranched alkanes of at least 4 members (excludes halogenated alkanes) is 1. The van der Waals surface area contributed by atoms with Crippen molar-refractivity contribution in [1.82, 2.24) is 5.32 Å². The van der Waals surface area contributed by atoms with Crippen LogP contribution in [0.25, 0.3) is 0 Å². The summed E-state index contributed by atoms with van der Waals surface area (Å²) in [7, 11) is 0. The van der Waals surface area contributed by atoms with Crippen molar-refractivity contribution < 1.29 is 23.4 Å². The lowest BCUT2D eigenvalue weighted by Crippen LogP contribution is -2.49. The highest BCUT2D eigenvalue weighted by atomic mass is 19.4. The third-order valence-corrected chi connectivity index (χ3v) is 3.44. The molecule has 0 saturated heterocycles. The quantitative estimate of drug-likeness (QED) is 0.485. The Hall–Kier alpha value is -1.37. The van der Waals surface area contributed by atoms with Crippen molar-refractivity contribution in [3.63, 3.8) is 0 Å². The minimum absolute atomic E-state index is 0.135. The van der Waals surface area contributed by atoms with Gasteiger partial charge in [0.05, 0.1) is 12.6 Å². The highest BCUT2D eigenvalue weighted by Gasteiger charge is 2.43. The maximum absolute atomic E-state index is 12.8. The molecule has 0 amide bonds. The Morgan fingerprint density at radius 1 is 1.23 bits per heavy atom. The van der Waals surface area contributed by atoms with Crippen molar-refractivity contribution in [3.05, 3.63) is 48.6 Å². The second-order valence-electron chi connectivity index (χ2n) is 5.13. The van der Waals surface area contributed by atoms with Crippen LogP contribution < -0.4 is 5.32 Å². The van der Waals surface area contributed by atoms with Crippen LogP contribution in [-0.4, -0.2) is 35.1 Å². The zero-order valence-electron chi connectivity index (χ0n) is 12.3. The molecule has 0 saturated carbocycles. The molecule has 124 valence electrons. The van der Waals surface area contributed by atoms with Crippen molar-refractivity contribution >= 4 is 0 Å². The molecule has 1 rings (SSSR count). The topological polar surface area (TPSA) is 52.5 Å². The van der Waals surface area contributed by atoms with E-state index in [1.54, 1.807) is 36.4 Å². The van der Waals surface area contributed by atoms with Gasteiger partial charge in [0.2, 0.25) is 0 Å². The van der Waals surface area contributed by atoms with Crippen molar-refractivity contribution in [2.24, 2.45) is 0 Å². The Balaban J connectivity index is 2.83. The Bertz CT molecular complexity index is 437. The molecule has 22 heavy (non-hydrogen) atoms. The van der Waals surface area contributed by atoms with Crippen LogP contribution in [0.5, 0.6) is 0 Å². The van der Waals surface area contributed by atoms with E-state index in [4.69, 9.17) is 0 Å². The molecular formula is C16H22F3NO2. The van der Waals surface area contributed by atoms with Crippen molar-refractivity contribution in [2.75, 3.05) is 6.61 Å². The van der Waals surface area contributed by atoms with E-state index in [-0.39, 0.29) is 13.0 Å². The molecule has 0 aromatic heterocycles. The summed E-state index contributed by atoms with van der Waals surface area (Å²) < 4.78 is 38.4. The molecule has 0 aliphatic rings. The van der Waals surface area contributed by atoms with Gasteiger partial charge in [-0.05, 0) is 24.8 Å². The predicted molar refractivity (Wildman–Crippen MR) is 79.3 cm³/mol. The second kappa shape index (κ2) is 8.92. The minimum atomic E-state index is -4.71. The second-order valence-corrected chi connectivity index (χ2v) is 5.13. The van der Waals surface area contributed by atoms with Gasteiger partial charge in [-0.2, -0.15) is 13.2 Å². The molecule has 0 aliphatic heterocycles. The lowest BCUT2D eigenvalue weighted by atomic mass is 10.00. The van der Waals surface area contributed by atoms with E-state index >= 15 is 0 Å². The maximum atomic E-state index is 12.8. The summed E-state index contributed by atoms with van der Waals surface area (Å²) in [5, 5.41) is 21.7. The van der Waals surface area contributed by atoms with Crippen LogP contribution in [0.3, 0.4) is 0 Å². The van der Waals surface area contributed by atoms with Gasteiger partial charge < -0.3 is 15.5 Å². The number of benzene rings is 1. The van der Waals surface area contributed by atoms with Crippen molar-refractivity contribution in [2.45, 2.75) is 43.6 Å². The van der Waals surface area contributed by atoms with Gasteiger partial charge in [-0.15, -0.1) is 6.58 Å². The first-order valence-electron chi connectivity index (χ1n) is 7.17. The Morgan fingerprint density at radius 2 is 1.86 bits per heavy atom. The van der Waals surface area contributed by atoms with Crippen LogP contribution in [0.4, 0.5) is 13.2 Å². The van der Waals surface area contributed by atoms with E-state index in [0.29, 0.717) is 18.4 Å².